The number of amides is 2. The number of nitrogens with one attached hydrogen (secondary N) is 1. The number of rotatable bonds is 7. The molecule has 0 saturated carbocycles. The van der Waals surface area contributed by atoms with Crippen LogP contribution >= 0.6 is 0 Å². The number of nitrogens with two attached hydrogens (primary N) is 1. The van der Waals surface area contributed by atoms with Crippen molar-refractivity contribution in [3.8, 4) is 0 Å². The van der Waals surface area contributed by atoms with Crippen LogP contribution in [0.25, 0.3) is 0 Å². The summed E-state index contributed by atoms with van der Waals surface area (Å²) in [6.45, 7) is 2.49. The van der Waals surface area contributed by atoms with Gasteiger partial charge in [0.1, 0.15) is 0 Å². The van der Waals surface area contributed by atoms with Gasteiger partial charge in [-0.1, -0.05) is 0 Å². The van der Waals surface area contributed by atoms with Crippen LogP contribution < -0.4 is 11.1 Å². The maximum absolute atomic E-state index is 11.8. The van der Waals surface area contributed by atoms with Crippen molar-refractivity contribution in [3.63, 3.8) is 0 Å². The molecule has 3 N–H and O–H groups in total. The van der Waals surface area contributed by atoms with E-state index < -0.39 is 5.91 Å². The van der Waals surface area contributed by atoms with E-state index >= 15 is 0 Å². The van der Waals surface area contributed by atoms with Crippen molar-refractivity contribution in [1.29, 1.82) is 0 Å². The van der Waals surface area contributed by atoms with Crippen LogP contribution in [-0.4, -0.2) is 30.9 Å². The highest BCUT2D eigenvalue weighted by molar-refractivity contribution is 5.97. The van der Waals surface area contributed by atoms with Gasteiger partial charge in [-0.15, -0.1) is 0 Å². The highest BCUT2D eigenvalue weighted by Gasteiger charge is 2.07. The van der Waals surface area contributed by atoms with E-state index in [0.717, 1.165) is 0 Å². The molecule has 6 nitrogen and oxygen atoms in total. The lowest BCUT2D eigenvalue weighted by atomic mass is 10.1. The van der Waals surface area contributed by atoms with E-state index in [0.29, 0.717) is 30.7 Å². The molecular formula is C14H18N2O4. The van der Waals surface area contributed by atoms with E-state index in [1.54, 1.807) is 6.92 Å². The third-order valence-electron chi connectivity index (χ3n) is 2.58. The van der Waals surface area contributed by atoms with Crippen LogP contribution in [0.15, 0.2) is 24.3 Å². The second-order valence-corrected chi connectivity index (χ2v) is 4.11. The predicted octanol–water partition coefficient (Wildman–Crippen LogP) is 0.859. The monoisotopic (exact) mass is 278 g/mol. The number of carbonyl (C=O) groups is 3. The number of hydrogen-bond donors (Lipinski definition) is 2. The first-order valence-electron chi connectivity index (χ1n) is 6.38. The average Bonchev–Trinajstić information content (AvgIpc) is 2.43. The standard InChI is InChI=1S/C14H18N2O4/c1-2-20-12(17)4-3-9-16-14(19)11-7-5-10(6-8-11)13(15)18/h5-8H,2-4,9H2,1H3,(H2,15,18)(H,16,19). The molecule has 0 aliphatic rings. The molecule has 0 heterocycles. The fraction of sp³-hybridized carbons (Fsp3) is 0.357. The fourth-order valence-electron chi connectivity index (χ4n) is 1.56. The van der Waals surface area contributed by atoms with Gasteiger partial charge in [0.15, 0.2) is 0 Å². The molecule has 20 heavy (non-hydrogen) atoms. The summed E-state index contributed by atoms with van der Waals surface area (Å²) in [5, 5.41) is 2.68. The Kier molecular flexibility index (Phi) is 6.22. The molecule has 0 saturated heterocycles. The van der Waals surface area contributed by atoms with E-state index in [4.69, 9.17) is 10.5 Å². The number of carbonyl (C=O) groups excluding carboxylic acids is 3. The van der Waals surface area contributed by atoms with Crippen LogP contribution in [0.1, 0.15) is 40.5 Å². The van der Waals surface area contributed by atoms with Crippen molar-refractivity contribution in [1.82, 2.24) is 5.32 Å². The Morgan fingerprint density at radius 1 is 1.15 bits per heavy atom. The van der Waals surface area contributed by atoms with Crippen LogP contribution in [0.4, 0.5) is 0 Å². The Morgan fingerprint density at radius 2 is 1.75 bits per heavy atom. The van der Waals surface area contributed by atoms with Gasteiger partial charge in [-0.25, -0.2) is 0 Å². The second kappa shape index (κ2) is 7.93. The first kappa shape index (κ1) is 15.7. The van der Waals surface area contributed by atoms with Crippen LogP contribution in [0.2, 0.25) is 0 Å². The number of primary amides is 1. The molecule has 0 unspecified atom stereocenters. The molecule has 0 aliphatic heterocycles. The SMILES string of the molecule is CCOC(=O)CCCNC(=O)c1ccc(C(N)=O)cc1. The van der Waals surface area contributed by atoms with Crippen molar-refractivity contribution in [2.24, 2.45) is 5.73 Å². The maximum Gasteiger partial charge on any atom is 0.305 e. The summed E-state index contributed by atoms with van der Waals surface area (Å²) < 4.78 is 4.77. The number of esters is 1. The second-order valence-electron chi connectivity index (χ2n) is 4.11. The molecule has 0 spiro atoms. The topological polar surface area (TPSA) is 98.5 Å². The van der Waals surface area contributed by atoms with Gasteiger partial charge in [0.05, 0.1) is 6.61 Å². The highest BCUT2D eigenvalue weighted by atomic mass is 16.5. The minimum atomic E-state index is -0.536. The van der Waals surface area contributed by atoms with E-state index in [1.165, 1.54) is 24.3 Å². The van der Waals surface area contributed by atoms with Crippen molar-refractivity contribution in [2.75, 3.05) is 13.2 Å². The van der Waals surface area contributed by atoms with Crippen molar-refractivity contribution in [2.45, 2.75) is 19.8 Å². The first-order valence-corrected chi connectivity index (χ1v) is 6.38. The van der Waals surface area contributed by atoms with Gasteiger partial charge in [-0.2, -0.15) is 0 Å². The largest absolute Gasteiger partial charge is 0.466 e. The van der Waals surface area contributed by atoms with E-state index in [2.05, 4.69) is 5.32 Å². The molecule has 1 rings (SSSR count). The number of benzene rings is 1. The summed E-state index contributed by atoms with van der Waals surface area (Å²) in [6, 6.07) is 6.05. The lowest BCUT2D eigenvalue weighted by Crippen LogP contribution is -2.25. The van der Waals surface area contributed by atoms with Crippen LogP contribution in [0, 0.1) is 0 Å². The molecule has 0 radical (unpaired) electrons. The zero-order chi connectivity index (χ0) is 15.0. The van der Waals surface area contributed by atoms with Gasteiger partial charge >= 0.3 is 5.97 Å². The van der Waals surface area contributed by atoms with Crippen molar-refractivity contribution < 1.29 is 19.1 Å². The third kappa shape index (κ3) is 5.09. The highest BCUT2D eigenvalue weighted by Crippen LogP contribution is 2.04. The summed E-state index contributed by atoms with van der Waals surface area (Å²) in [5.41, 5.74) is 5.89. The first-order chi connectivity index (χ1) is 9.54. The minimum Gasteiger partial charge on any atom is -0.466 e. The number of ether oxygens (including phenoxy) is 1. The minimum absolute atomic E-state index is 0.259. The summed E-state index contributed by atoms with van der Waals surface area (Å²) >= 11 is 0. The van der Waals surface area contributed by atoms with Gasteiger partial charge in [0.25, 0.3) is 5.91 Å². The summed E-state index contributed by atoms with van der Waals surface area (Å²) in [6.07, 6.45) is 0.790. The Hall–Kier alpha value is -2.37. The van der Waals surface area contributed by atoms with Crippen LogP contribution in [0.3, 0.4) is 0 Å². The fourth-order valence-corrected chi connectivity index (χ4v) is 1.56. The van der Waals surface area contributed by atoms with Crippen LogP contribution in [0.5, 0.6) is 0 Å². The summed E-state index contributed by atoms with van der Waals surface area (Å²) in [7, 11) is 0. The van der Waals surface area contributed by atoms with Gasteiger partial charge in [0, 0.05) is 24.1 Å². The van der Waals surface area contributed by atoms with E-state index in [9.17, 15) is 14.4 Å². The zero-order valence-electron chi connectivity index (χ0n) is 11.3. The molecule has 0 fully saturated rings. The Labute approximate surface area is 117 Å². The van der Waals surface area contributed by atoms with E-state index in [-0.39, 0.29) is 18.3 Å². The molecule has 1 aromatic carbocycles. The molecule has 6 heteroatoms. The van der Waals surface area contributed by atoms with Gasteiger partial charge < -0.3 is 15.8 Å². The molecule has 0 atom stereocenters. The predicted molar refractivity (Wildman–Crippen MR) is 73.2 cm³/mol. The molecule has 2 amide bonds. The molecular weight excluding hydrogens is 260 g/mol. The number of hydrogen-bond acceptors (Lipinski definition) is 4. The average molecular weight is 278 g/mol. The lowest BCUT2D eigenvalue weighted by Gasteiger charge is -2.05. The molecule has 1 aromatic rings. The Balaban J connectivity index is 2.36. The summed E-state index contributed by atoms with van der Waals surface area (Å²) in [4.78, 5) is 33.7. The Bertz CT molecular complexity index is 482. The lowest BCUT2D eigenvalue weighted by molar-refractivity contribution is -0.143. The van der Waals surface area contributed by atoms with Gasteiger partial charge in [-0.3, -0.25) is 14.4 Å². The van der Waals surface area contributed by atoms with Crippen LogP contribution in [-0.2, 0) is 9.53 Å². The normalized spacial score (nSPS) is 9.85. The molecule has 0 aromatic heterocycles. The van der Waals surface area contributed by atoms with Crippen molar-refractivity contribution >= 4 is 17.8 Å². The van der Waals surface area contributed by atoms with Gasteiger partial charge in [0.2, 0.25) is 5.91 Å². The molecule has 0 bridgehead atoms. The smallest absolute Gasteiger partial charge is 0.305 e. The molecule has 0 aliphatic carbocycles. The summed E-state index contributed by atoms with van der Waals surface area (Å²) in [5.74, 6) is -1.07. The Morgan fingerprint density at radius 3 is 2.30 bits per heavy atom. The molecule has 108 valence electrons. The van der Waals surface area contributed by atoms with E-state index in [1.807, 2.05) is 0 Å². The third-order valence-corrected chi connectivity index (χ3v) is 2.58. The maximum atomic E-state index is 11.8. The zero-order valence-corrected chi connectivity index (χ0v) is 11.3. The van der Waals surface area contributed by atoms with Gasteiger partial charge in [-0.05, 0) is 37.6 Å². The quantitative estimate of drug-likeness (QED) is 0.570. The van der Waals surface area contributed by atoms with Crippen molar-refractivity contribution in [3.05, 3.63) is 35.4 Å².